The Hall–Kier alpha value is -3.07. The molecule has 1 unspecified atom stereocenters. The van der Waals surface area contributed by atoms with Gasteiger partial charge in [0.1, 0.15) is 6.04 Å². The van der Waals surface area contributed by atoms with Gasteiger partial charge < -0.3 is 10.2 Å². The molecule has 0 bridgehead atoms. The Labute approximate surface area is 155 Å². The number of rotatable bonds is 6. The largest absolute Gasteiger partial charge is 0.374 e. The monoisotopic (exact) mass is 344 g/mol. The Morgan fingerprint density at radius 1 is 0.846 bits per heavy atom. The van der Waals surface area contributed by atoms with Crippen molar-refractivity contribution in [2.24, 2.45) is 0 Å². The molecule has 132 valence electrons. The maximum absolute atomic E-state index is 12.6. The lowest BCUT2D eigenvalue weighted by Gasteiger charge is -2.23. The Balaban J connectivity index is 1.60. The van der Waals surface area contributed by atoms with E-state index in [9.17, 15) is 4.79 Å². The van der Waals surface area contributed by atoms with Crippen molar-refractivity contribution < 1.29 is 4.79 Å². The standard InChI is InChI=1S/C23H24N2O/c1-18(23(26)25(2)17-19-9-5-3-6-10-19)24-22-15-13-21(14-16-22)20-11-7-4-8-12-20/h3-16,18,24H,17H2,1-2H3. The minimum absolute atomic E-state index is 0.0704. The molecule has 0 aliphatic rings. The second-order valence-corrected chi connectivity index (χ2v) is 6.49. The zero-order valence-electron chi connectivity index (χ0n) is 15.2. The topological polar surface area (TPSA) is 32.3 Å². The highest BCUT2D eigenvalue weighted by Gasteiger charge is 2.17. The van der Waals surface area contributed by atoms with Gasteiger partial charge in [-0.3, -0.25) is 4.79 Å². The Bertz CT molecular complexity index is 829. The molecule has 0 aromatic heterocycles. The molecule has 0 fully saturated rings. The lowest BCUT2D eigenvalue weighted by Crippen LogP contribution is -2.38. The summed E-state index contributed by atoms with van der Waals surface area (Å²) in [4.78, 5) is 14.4. The molecule has 0 aliphatic carbocycles. The van der Waals surface area contributed by atoms with Crippen LogP contribution in [0.4, 0.5) is 5.69 Å². The number of carbonyl (C=O) groups excluding carboxylic acids is 1. The first-order valence-electron chi connectivity index (χ1n) is 8.84. The number of nitrogens with zero attached hydrogens (tertiary/aromatic N) is 1. The summed E-state index contributed by atoms with van der Waals surface area (Å²) >= 11 is 0. The van der Waals surface area contributed by atoms with E-state index in [-0.39, 0.29) is 11.9 Å². The van der Waals surface area contributed by atoms with Crippen molar-refractivity contribution in [1.82, 2.24) is 4.90 Å². The maximum atomic E-state index is 12.6. The van der Waals surface area contributed by atoms with E-state index in [2.05, 4.69) is 29.6 Å². The summed E-state index contributed by atoms with van der Waals surface area (Å²) < 4.78 is 0. The molecule has 0 heterocycles. The van der Waals surface area contributed by atoms with Crippen LogP contribution in [0.2, 0.25) is 0 Å². The number of nitrogens with one attached hydrogen (secondary N) is 1. The van der Waals surface area contributed by atoms with Gasteiger partial charge in [0.25, 0.3) is 0 Å². The Kier molecular flexibility index (Phi) is 5.69. The molecular weight excluding hydrogens is 320 g/mol. The highest BCUT2D eigenvalue weighted by molar-refractivity contribution is 5.84. The molecule has 0 aliphatic heterocycles. The van der Waals surface area contributed by atoms with Gasteiger partial charge in [0, 0.05) is 19.3 Å². The zero-order valence-corrected chi connectivity index (χ0v) is 15.2. The van der Waals surface area contributed by atoms with Crippen LogP contribution < -0.4 is 5.32 Å². The van der Waals surface area contributed by atoms with Crippen LogP contribution in [0.3, 0.4) is 0 Å². The number of likely N-dealkylation sites (N-methyl/N-ethyl adjacent to an activating group) is 1. The van der Waals surface area contributed by atoms with E-state index in [0.29, 0.717) is 6.54 Å². The van der Waals surface area contributed by atoms with Gasteiger partial charge in [0.2, 0.25) is 5.91 Å². The molecule has 0 spiro atoms. The highest BCUT2D eigenvalue weighted by Crippen LogP contribution is 2.21. The SMILES string of the molecule is CC(Nc1ccc(-c2ccccc2)cc1)C(=O)N(C)Cc1ccccc1. The fourth-order valence-corrected chi connectivity index (χ4v) is 2.97. The van der Waals surface area contributed by atoms with Gasteiger partial charge in [0.15, 0.2) is 0 Å². The minimum Gasteiger partial charge on any atom is -0.374 e. The molecule has 0 radical (unpaired) electrons. The van der Waals surface area contributed by atoms with Crippen LogP contribution in [-0.4, -0.2) is 23.9 Å². The van der Waals surface area contributed by atoms with Gasteiger partial charge >= 0.3 is 0 Å². The van der Waals surface area contributed by atoms with E-state index in [4.69, 9.17) is 0 Å². The van der Waals surface area contributed by atoms with Crippen LogP contribution in [0.25, 0.3) is 11.1 Å². The molecule has 3 nitrogen and oxygen atoms in total. The molecule has 3 aromatic carbocycles. The minimum atomic E-state index is -0.286. The van der Waals surface area contributed by atoms with Gasteiger partial charge in [-0.1, -0.05) is 72.8 Å². The fraction of sp³-hybridized carbons (Fsp3) is 0.174. The van der Waals surface area contributed by atoms with Crippen LogP contribution in [0.5, 0.6) is 0 Å². The fourth-order valence-electron chi connectivity index (χ4n) is 2.97. The smallest absolute Gasteiger partial charge is 0.244 e. The Morgan fingerprint density at radius 2 is 1.38 bits per heavy atom. The molecule has 3 heteroatoms. The summed E-state index contributed by atoms with van der Waals surface area (Å²) in [6.07, 6.45) is 0. The summed E-state index contributed by atoms with van der Waals surface area (Å²) in [5, 5.41) is 3.30. The molecule has 26 heavy (non-hydrogen) atoms. The Morgan fingerprint density at radius 3 is 2.00 bits per heavy atom. The van der Waals surface area contributed by atoms with E-state index in [0.717, 1.165) is 16.8 Å². The summed E-state index contributed by atoms with van der Waals surface area (Å²) in [5.41, 5.74) is 4.42. The number of hydrogen-bond acceptors (Lipinski definition) is 2. The highest BCUT2D eigenvalue weighted by atomic mass is 16.2. The summed E-state index contributed by atoms with van der Waals surface area (Å²) in [5.74, 6) is 0.0704. The third-order valence-corrected chi connectivity index (χ3v) is 4.38. The van der Waals surface area contributed by atoms with Gasteiger partial charge in [-0.05, 0) is 35.7 Å². The van der Waals surface area contributed by atoms with Crippen LogP contribution in [0.1, 0.15) is 12.5 Å². The van der Waals surface area contributed by atoms with Gasteiger partial charge in [-0.15, -0.1) is 0 Å². The summed E-state index contributed by atoms with van der Waals surface area (Å²) in [7, 11) is 1.84. The molecule has 3 rings (SSSR count). The number of hydrogen-bond donors (Lipinski definition) is 1. The van der Waals surface area contributed by atoms with Crippen molar-refractivity contribution >= 4 is 11.6 Å². The van der Waals surface area contributed by atoms with E-state index >= 15 is 0 Å². The lowest BCUT2D eigenvalue weighted by molar-refractivity contribution is -0.130. The number of anilines is 1. The van der Waals surface area contributed by atoms with E-state index in [1.165, 1.54) is 5.56 Å². The second kappa shape index (κ2) is 8.34. The van der Waals surface area contributed by atoms with Crippen molar-refractivity contribution in [2.75, 3.05) is 12.4 Å². The van der Waals surface area contributed by atoms with Gasteiger partial charge in [0.05, 0.1) is 0 Å². The lowest BCUT2D eigenvalue weighted by atomic mass is 10.1. The first-order valence-corrected chi connectivity index (χ1v) is 8.84. The first kappa shape index (κ1) is 17.7. The van der Waals surface area contributed by atoms with Crippen molar-refractivity contribution in [3.05, 3.63) is 90.5 Å². The van der Waals surface area contributed by atoms with Crippen LogP contribution in [0.15, 0.2) is 84.9 Å². The predicted molar refractivity (Wildman–Crippen MR) is 108 cm³/mol. The molecular formula is C23H24N2O. The van der Waals surface area contributed by atoms with E-state index in [1.54, 1.807) is 4.90 Å². The molecule has 0 saturated heterocycles. The van der Waals surface area contributed by atoms with Crippen molar-refractivity contribution in [3.8, 4) is 11.1 Å². The van der Waals surface area contributed by atoms with Gasteiger partial charge in [-0.25, -0.2) is 0 Å². The first-order chi connectivity index (χ1) is 12.6. The second-order valence-electron chi connectivity index (χ2n) is 6.49. The molecule has 1 atom stereocenters. The quantitative estimate of drug-likeness (QED) is 0.696. The molecule has 0 saturated carbocycles. The summed E-state index contributed by atoms with van der Waals surface area (Å²) in [6, 6.07) is 28.2. The number of carbonyl (C=O) groups is 1. The van der Waals surface area contributed by atoms with Crippen molar-refractivity contribution in [1.29, 1.82) is 0 Å². The molecule has 3 aromatic rings. The van der Waals surface area contributed by atoms with Crippen LogP contribution in [-0.2, 0) is 11.3 Å². The van der Waals surface area contributed by atoms with E-state index < -0.39 is 0 Å². The molecule has 1 N–H and O–H groups in total. The number of benzene rings is 3. The number of amides is 1. The third-order valence-electron chi connectivity index (χ3n) is 4.38. The molecule has 1 amide bonds. The predicted octanol–water partition coefficient (Wildman–Crippen LogP) is 4.81. The average molecular weight is 344 g/mol. The van der Waals surface area contributed by atoms with Crippen LogP contribution in [0, 0.1) is 0 Å². The third kappa shape index (κ3) is 4.51. The summed E-state index contributed by atoms with van der Waals surface area (Å²) in [6.45, 7) is 2.51. The normalized spacial score (nSPS) is 11.6. The average Bonchev–Trinajstić information content (AvgIpc) is 2.69. The van der Waals surface area contributed by atoms with Gasteiger partial charge in [-0.2, -0.15) is 0 Å². The van der Waals surface area contributed by atoms with Crippen LogP contribution >= 0.6 is 0 Å². The zero-order chi connectivity index (χ0) is 18.4. The van der Waals surface area contributed by atoms with E-state index in [1.807, 2.05) is 74.6 Å². The maximum Gasteiger partial charge on any atom is 0.244 e. The van der Waals surface area contributed by atoms with Crippen molar-refractivity contribution in [3.63, 3.8) is 0 Å². The van der Waals surface area contributed by atoms with Crippen molar-refractivity contribution in [2.45, 2.75) is 19.5 Å².